The number of aromatic nitrogens is 1. The van der Waals surface area contributed by atoms with Gasteiger partial charge in [0.2, 0.25) is 0 Å². The van der Waals surface area contributed by atoms with Gasteiger partial charge < -0.3 is 14.8 Å². The van der Waals surface area contributed by atoms with E-state index in [0.717, 1.165) is 11.3 Å². The topological polar surface area (TPSA) is 45.4 Å². The number of aliphatic hydroxyl groups excluding tert-OH is 1. The van der Waals surface area contributed by atoms with Crippen molar-refractivity contribution in [3.63, 3.8) is 0 Å². The van der Waals surface area contributed by atoms with Crippen LogP contribution < -0.4 is 0 Å². The summed E-state index contributed by atoms with van der Waals surface area (Å²) in [4.78, 5) is 0.804. The van der Waals surface area contributed by atoms with Crippen molar-refractivity contribution in [1.82, 2.24) is 4.57 Å². The van der Waals surface area contributed by atoms with Gasteiger partial charge in [0.15, 0.2) is 0 Å². The van der Waals surface area contributed by atoms with Crippen molar-refractivity contribution < 1.29 is 10.2 Å². The molecule has 120 valence electrons. The predicted molar refractivity (Wildman–Crippen MR) is 96.2 cm³/mol. The summed E-state index contributed by atoms with van der Waals surface area (Å²) in [5.74, 6) is 0.815. The summed E-state index contributed by atoms with van der Waals surface area (Å²) in [5.41, 5.74) is 2.51. The number of nitrogens with zero attached hydrogens (tertiary/aromatic N) is 1. The van der Waals surface area contributed by atoms with Crippen LogP contribution in [0.15, 0.2) is 59.6 Å². The molecular weight excluding hydrogens is 306 g/mol. The van der Waals surface area contributed by atoms with Crippen molar-refractivity contribution in [2.24, 2.45) is 0 Å². The molecule has 3 nitrogen and oxygen atoms in total. The third kappa shape index (κ3) is 3.54. The normalized spacial score (nSPS) is 12.6. The van der Waals surface area contributed by atoms with Gasteiger partial charge in [0, 0.05) is 23.4 Å². The van der Waals surface area contributed by atoms with Crippen LogP contribution in [-0.4, -0.2) is 26.6 Å². The Labute approximate surface area is 140 Å². The number of phenols is 1. The molecule has 0 aliphatic carbocycles. The number of para-hydroxylation sites is 2. The Bertz CT molecular complexity index is 797. The highest BCUT2D eigenvalue weighted by atomic mass is 32.2. The number of aryl methyl sites for hydroxylation is 1. The highest BCUT2D eigenvalue weighted by Crippen LogP contribution is 2.28. The molecule has 3 rings (SSSR count). The van der Waals surface area contributed by atoms with Crippen LogP contribution >= 0.6 is 11.8 Å². The van der Waals surface area contributed by atoms with E-state index in [1.807, 2.05) is 18.3 Å². The quantitative estimate of drug-likeness (QED) is 0.671. The third-order valence-electron chi connectivity index (χ3n) is 3.96. The summed E-state index contributed by atoms with van der Waals surface area (Å²) >= 11 is 1.48. The predicted octanol–water partition coefficient (Wildman–Crippen LogP) is 4.06. The third-order valence-corrected chi connectivity index (χ3v) is 5.16. The lowest BCUT2D eigenvalue weighted by Crippen LogP contribution is -2.18. The van der Waals surface area contributed by atoms with Crippen molar-refractivity contribution in [2.75, 3.05) is 5.75 Å². The monoisotopic (exact) mass is 327 g/mol. The number of hydrogen-bond acceptors (Lipinski definition) is 3. The van der Waals surface area contributed by atoms with E-state index in [-0.39, 0.29) is 5.75 Å². The van der Waals surface area contributed by atoms with Crippen LogP contribution in [0.25, 0.3) is 10.9 Å². The molecule has 2 aromatic carbocycles. The molecular formula is C19H21NO2S. The first-order chi connectivity index (χ1) is 11.2. The summed E-state index contributed by atoms with van der Waals surface area (Å²) < 4.78 is 2.13. The van der Waals surface area contributed by atoms with Crippen molar-refractivity contribution in [2.45, 2.75) is 30.9 Å². The van der Waals surface area contributed by atoms with E-state index in [4.69, 9.17) is 0 Å². The SMILES string of the molecule is CCc1cccc2ccn(CC(O)CSc3ccccc3O)c12. The number of aromatic hydroxyl groups is 1. The molecule has 1 heterocycles. The van der Waals surface area contributed by atoms with Crippen molar-refractivity contribution in [1.29, 1.82) is 0 Å². The fourth-order valence-electron chi connectivity index (χ4n) is 2.82. The largest absolute Gasteiger partial charge is 0.507 e. The molecule has 0 amide bonds. The Morgan fingerprint density at radius 1 is 1.09 bits per heavy atom. The zero-order chi connectivity index (χ0) is 16.2. The van der Waals surface area contributed by atoms with E-state index in [9.17, 15) is 10.2 Å². The molecule has 0 radical (unpaired) electrons. The van der Waals surface area contributed by atoms with Gasteiger partial charge in [-0.1, -0.05) is 37.3 Å². The first kappa shape index (κ1) is 16.0. The van der Waals surface area contributed by atoms with Crippen LogP contribution in [0.1, 0.15) is 12.5 Å². The second kappa shape index (κ2) is 7.11. The number of hydrogen-bond donors (Lipinski definition) is 2. The average molecular weight is 327 g/mol. The van der Waals surface area contributed by atoms with Crippen LogP contribution in [0.2, 0.25) is 0 Å². The van der Waals surface area contributed by atoms with E-state index < -0.39 is 6.10 Å². The summed E-state index contributed by atoms with van der Waals surface area (Å²) in [6.07, 6.45) is 2.54. The minimum absolute atomic E-state index is 0.268. The van der Waals surface area contributed by atoms with Crippen LogP contribution in [0.3, 0.4) is 0 Å². The van der Waals surface area contributed by atoms with Gasteiger partial charge in [0.1, 0.15) is 5.75 Å². The van der Waals surface area contributed by atoms with E-state index in [1.54, 1.807) is 12.1 Å². The summed E-state index contributed by atoms with van der Waals surface area (Å²) in [6.45, 7) is 2.71. The Morgan fingerprint density at radius 2 is 1.91 bits per heavy atom. The fourth-order valence-corrected chi connectivity index (χ4v) is 3.69. The zero-order valence-electron chi connectivity index (χ0n) is 13.1. The van der Waals surface area contributed by atoms with Gasteiger partial charge in [0.25, 0.3) is 0 Å². The van der Waals surface area contributed by atoms with E-state index in [1.165, 1.54) is 28.2 Å². The van der Waals surface area contributed by atoms with Crippen molar-refractivity contribution in [3.05, 3.63) is 60.3 Å². The Balaban J connectivity index is 1.71. The second-order valence-electron chi connectivity index (χ2n) is 5.61. The number of phenolic OH excluding ortho intramolecular Hbond substituents is 1. The molecule has 0 saturated heterocycles. The van der Waals surface area contributed by atoms with Crippen LogP contribution in [-0.2, 0) is 13.0 Å². The van der Waals surface area contributed by atoms with Crippen LogP contribution in [0.4, 0.5) is 0 Å². The molecule has 0 aliphatic rings. The Morgan fingerprint density at radius 3 is 2.70 bits per heavy atom. The van der Waals surface area contributed by atoms with E-state index in [2.05, 4.69) is 35.8 Å². The summed E-state index contributed by atoms with van der Waals surface area (Å²) in [6, 6.07) is 15.6. The highest BCUT2D eigenvalue weighted by Gasteiger charge is 2.11. The first-order valence-electron chi connectivity index (χ1n) is 7.84. The zero-order valence-corrected chi connectivity index (χ0v) is 14.0. The molecule has 23 heavy (non-hydrogen) atoms. The van der Waals surface area contributed by atoms with Gasteiger partial charge in [-0.2, -0.15) is 0 Å². The van der Waals surface area contributed by atoms with Crippen molar-refractivity contribution in [3.8, 4) is 5.75 Å². The lowest BCUT2D eigenvalue weighted by atomic mass is 10.1. The number of benzene rings is 2. The summed E-state index contributed by atoms with van der Waals surface area (Å²) in [7, 11) is 0. The average Bonchev–Trinajstić information content (AvgIpc) is 2.97. The summed E-state index contributed by atoms with van der Waals surface area (Å²) in [5, 5.41) is 21.4. The molecule has 1 unspecified atom stereocenters. The van der Waals surface area contributed by atoms with E-state index in [0.29, 0.717) is 12.3 Å². The van der Waals surface area contributed by atoms with Gasteiger partial charge in [-0.05, 0) is 35.6 Å². The van der Waals surface area contributed by atoms with Gasteiger partial charge in [-0.15, -0.1) is 11.8 Å². The lowest BCUT2D eigenvalue weighted by Gasteiger charge is -2.14. The molecule has 0 fully saturated rings. The minimum Gasteiger partial charge on any atom is -0.507 e. The number of fused-ring (bicyclic) bond motifs is 1. The molecule has 2 N–H and O–H groups in total. The molecule has 0 spiro atoms. The molecule has 0 aliphatic heterocycles. The van der Waals surface area contributed by atoms with Crippen LogP contribution in [0, 0.1) is 0 Å². The molecule has 0 bridgehead atoms. The van der Waals surface area contributed by atoms with Gasteiger partial charge in [0.05, 0.1) is 11.6 Å². The molecule has 1 atom stereocenters. The fraction of sp³-hybridized carbons (Fsp3) is 0.263. The maximum Gasteiger partial charge on any atom is 0.129 e. The molecule has 0 saturated carbocycles. The van der Waals surface area contributed by atoms with E-state index >= 15 is 0 Å². The van der Waals surface area contributed by atoms with Gasteiger partial charge in [-0.3, -0.25) is 0 Å². The van der Waals surface area contributed by atoms with Gasteiger partial charge >= 0.3 is 0 Å². The standard InChI is InChI=1S/C19H21NO2S/c1-2-14-6-5-7-15-10-11-20(19(14)15)12-16(21)13-23-18-9-4-3-8-17(18)22/h3-11,16,21-22H,2,12-13H2,1H3. The number of rotatable bonds is 6. The maximum atomic E-state index is 10.4. The molecule has 1 aromatic heterocycles. The Kier molecular flexibility index (Phi) is 4.94. The number of thioether (sulfide) groups is 1. The Hall–Kier alpha value is -1.91. The molecule has 4 heteroatoms. The molecule has 3 aromatic rings. The number of aliphatic hydroxyl groups is 1. The van der Waals surface area contributed by atoms with Gasteiger partial charge in [-0.25, -0.2) is 0 Å². The lowest BCUT2D eigenvalue weighted by molar-refractivity contribution is 0.180. The highest BCUT2D eigenvalue weighted by molar-refractivity contribution is 7.99. The minimum atomic E-state index is -0.472. The maximum absolute atomic E-state index is 10.4. The van der Waals surface area contributed by atoms with Crippen molar-refractivity contribution >= 4 is 22.7 Å². The smallest absolute Gasteiger partial charge is 0.129 e. The second-order valence-corrected chi connectivity index (χ2v) is 6.67. The van der Waals surface area contributed by atoms with Crippen LogP contribution in [0.5, 0.6) is 5.75 Å². The first-order valence-corrected chi connectivity index (χ1v) is 8.83.